The van der Waals surface area contributed by atoms with Crippen LogP contribution in [0.25, 0.3) is 0 Å². The molecule has 0 saturated carbocycles. The molecular weight excluding hydrogens is 339 g/mol. The highest BCUT2D eigenvalue weighted by molar-refractivity contribution is 9.10. The molecule has 0 heterocycles. The van der Waals surface area contributed by atoms with Crippen molar-refractivity contribution in [1.29, 1.82) is 0 Å². The van der Waals surface area contributed by atoms with Crippen molar-refractivity contribution in [3.63, 3.8) is 0 Å². The Hall–Kier alpha value is -1.59. The monoisotopic (exact) mass is 354 g/mol. The van der Waals surface area contributed by atoms with Crippen LogP contribution < -0.4 is 9.47 Å². The SMILES string of the molecule is COc1cc(C(O)c2ccc(C)cc2F)c(OC)cc1Br. The van der Waals surface area contributed by atoms with Gasteiger partial charge in [-0.2, -0.15) is 0 Å². The summed E-state index contributed by atoms with van der Waals surface area (Å²) in [5.41, 5.74) is 1.44. The van der Waals surface area contributed by atoms with Gasteiger partial charge in [0.2, 0.25) is 0 Å². The van der Waals surface area contributed by atoms with Crippen molar-refractivity contribution in [2.75, 3.05) is 14.2 Å². The minimum Gasteiger partial charge on any atom is -0.496 e. The van der Waals surface area contributed by atoms with Crippen LogP contribution in [0.1, 0.15) is 22.8 Å². The normalized spacial score (nSPS) is 12.1. The van der Waals surface area contributed by atoms with Crippen molar-refractivity contribution in [3.05, 3.63) is 57.3 Å². The zero-order valence-corrected chi connectivity index (χ0v) is 13.6. The second-order valence-electron chi connectivity index (χ2n) is 4.66. The molecule has 5 heteroatoms. The van der Waals surface area contributed by atoms with Crippen LogP contribution in [0, 0.1) is 12.7 Å². The number of ether oxygens (including phenoxy) is 2. The molecule has 0 radical (unpaired) electrons. The molecule has 0 aliphatic heterocycles. The largest absolute Gasteiger partial charge is 0.496 e. The van der Waals surface area contributed by atoms with Crippen LogP contribution in [0.3, 0.4) is 0 Å². The van der Waals surface area contributed by atoms with Gasteiger partial charge in [0, 0.05) is 11.1 Å². The lowest BCUT2D eigenvalue weighted by Crippen LogP contribution is -2.06. The van der Waals surface area contributed by atoms with E-state index in [4.69, 9.17) is 9.47 Å². The molecule has 2 aromatic carbocycles. The maximum Gasteiger partial charge on any atom is 0.133 e. The van der Waals surface area contributed by atoms with Gasteiger partial charge in [0.25, 0.3) is 0 Å². The first kappa shape index (κ1) is 15.8. The van der Waals surface area contributed by atoms with Crippen LogP contribution in [0.15, 0.2) is 34.8 Å². The highest BCUT2D eigenvalue weighted by Crippen LogP contribution is 2.38. The molecule has 0 aromatic heterocycles. The van der Waals surface area contributed by atoms with Gasteiger partial charge < -0.3 is 14.6 Å². The molecule has 0 aliphatic rings. The van der Waals surface area contributed by atoms with Crippen molar-refractivity contribution < 1.29 is 19.0 Å². The third-order valence-corrected chi connectivity index (χ3v) is 3.87. The third-order valence-electron chi connectivity index (χ3n) is 3.25. The summed E-state index contributed by atoms with van der Waals surface area (Å²) in [4.78, 5) is 0. The highest BCUT2D eigenvalue weighted by atomic mass is 79.9. The predicted octanol–water partition coefficient (Wildman–Crippen LogP) is 4.00. The Balaban J connectivity index is 2.53. The number of aliphatic hydroxyl groups is 1. The van der Waals surface area contributed by atoms with Gasteiger partial charge in [-0.25, -0.2) is 4.39 Å². The quantitative estimate of drug-likeness (QED) is 0.901. The van der Waals surface area contributed by atoms with Gasteiger partial charge in [0.1, 0.15) is 23.4 Å². The molecule has 2 rings (SSSR count). The van der Waals surface area contributed by atoms with Gasteiger partial charge in [0.15, 0.2) is 0 Å². The molecule has 0 amide bonds. The Kier molecular flexibility index (Phi) is 4.85. The van der Waals surface area contributed by atoms with Gasteiger partial charge in [-0.3, -0.25) is 0 Å². The number of aliphatic hydroxyl groups excluding tert-OH is 1. The number of hydrogen-bond donors (Lipinski definition) is 1. The lowest BCUT2D eigenvalue weighted by Gasteiger charge is -2.18. The maximum atomic E-state index is 14.0. The van der Waals surface area contributed by atoms with Crippen molar-refractivity contribution in [1.82, 2.24) is 0 Å². The Morgan fingerprint density at radius 3 is 2.29 bits per heavy atom. The van der Waals surface area contributed by atoms with Gasteiger partial charge in [-0.05, 0) is 46.6 Å². The minimum absolute atomic E-state index is 0.197. The first-order valence-electron chi connectivity index (χ1n) is 6.33. The van der Waals surface area contributed by atoms with E-state index in [9.17, 15) is 9.50 Å². The second kappa shape index (κ2) is 6.45. The first-order valence-corrected chi connectivity index (χ1v) is 7.12. The van der Waals surface area contributed by atoms with Crippen LogP contribution in [0.5, 0.6) is 11.5 Å². The Morgan fingerprint density at radius 1 is 1.05 bits per heavy atom. The highest BCUT2D eigenvalue weighted by Gasteiger charge is 2.21. The van der Waals surface area contributed by atoms with Crippen molar-refractivity contribution >= 4 is 15.9 Å². The van der Waals surface area contributed by atoms with Gasteiger partial charge in [-0.1, -0.05) is 12.1 Å². The summed E-state index contributed by atoms with van der Waals surface area (Å²) in [6, 6.07) is 8.03. The molecule has 1 N–H and O–H groups in total. The molecule has 2 aromatic rings. The molecule has 0 bridgehead atoms. The first-order chi connectivity index (χ1) is 9.97. The lowest BCUT2D eigenvalue weighted by molar-refractivity contribution is 0.209. The Bertz CT molecular complexity index is 658. The van der Waals surface area contributed by atoms with Crippen LogP contribution in [0.4, 0.5) is 4.39 Å². The van der Waals surface area contributed by atoms with Crippen LogP contribution in [-0.2, 0) is 0 Å². The standard InChI is InChI=1S/C16H16BrFO3/c1-9-4-5-10(13(18)6-9)16(19)11-7-15(21-3)12(17)8-14(11)20-2/h4-8,16,19H,1-3H3. The van der Waals surface area contributed by atoms with Crippen molar-refractivity contribution in [3.8, 4) is 11.5 Å². The summed E-state index contributed by atoms with van der Waals surface area (Å²) < 4.78 is 25.2. The summed E-state index contributed by atoms with van der Waals surface area (Å²) in [6.07, 6.45) is -1.14. The number of benzene rings is 2. The van der Waals surface area contributed by atoms with E-state index >= 15 is 0 Å². The fourth-order valence-corrected chi connectivity index (χ4v) is 2.60. The van der Waals surface area contributed by atoms with E-state index in [0.717, 1.165) is 5.56 Å². The third kappa shape index (κ3) is 3.19. The molecule has 1 unspecified atom stereocenters. The van der Waals surface area contributed by atoms with E-state index in [1.54, 1.807) is 31.2 Å². The molecule has 21 heavy (non-hydrogen) atoms. The van der Waals surface area contributed by atoms with E-state index < -0.39 is 11.9 Å². The average Bonchev–Trinajstić information content (AvgIpc) is 2.46. The molecular formula is C16H16BrFO3. The zero-order chi connectivity index (χ0) is 15.6. The number of halogens is 2. The van der Waals surface area contributed by atoms with E-state index in [0.29, 0.717) is 21.5 Å². The Morgan fingerprint density at radius 2 is 1.71 bits per heavy atom. The van der Waals surface area contributed by atoms with Crippen molar-refractivity contribution in [2.24, 2.45) is 0 Å². The predicted molar refractivity (Wildman–Crippen MR) is 82.4 cm³/mol. The topological polar surface area (TPSA) is 38.7 Å². The summed E-state index contributed by atoms with van der Waals surface area (Å²) in [5, 5.41) is 10.5. The number of rotatable bonds is 4. The Labute approximate surface area is 131 Å². The summed E-state index contributed by atoms with van der Waals surface area (Å²) in [5.74, 6) is 0.541. The summed E-state index contributed by atoms with van der Waals surface area (Å²) in [7, 11) is 3.02. The van der Waals surface area contributed by atoms with Gasteiger partial charge in [0.05, 0.1) is 18.7 Å². The van der Waals surface area contributed by atoms with Crippen LogP contribution >= 0.6 is 15.9 Å². The van der Waals surface area contributed by atoms with Gasteiger partial charge in [-0.15, -0.1) is 0 Å². The number of methoxy groups -OCH3 is 2. The molecule has 112 valence electrons. The van der Waals surface area contributed by atoms with E-state index in [1.807, 2.05) is 0 Å². The molecule has 0 spiro atoms. The lowest BCUT2D eigenvalue weighted by atomic mass is 9.99. The molecule has 3 nitrogen and oxygen atoms in total. The van der Waals surface area contributed by atoms with E-state index in [-0.39, 0.29) is 5.56 Å². The molecule has 1 atom stereocenters. The van der Waals surface area contributed by atoms with Crippen molar-refractivity contribution in [2.45, 2.75) is 13.0 Å². The molecule has 0 fully saturated rings. The van der Waals surface area contributed by atoms with Crippen LogP contribution in [0.2, 0.25) is 0 Å². The number of aryl methyl sites for hydroxylation is 1. The minimum atomic E-state index is -1.14. The fourth-order valence-electron chi connectivity index (χ4n) is 2.12. The van der Waals surface area contributed by atoms with Gasteiger partial charge >= 0.3 is 0 Å². The van der Waals surface area contributed by atoms with E-state index in [1.165, 1.54) is 20.3 Å². The average molecular weight is 355 g/mol. The zero-order valence-electron chi connectivity index (χ0n) is 12.0. The molecule has 0 saturated heterocycles. The molecule has 0 aliphatic carbocycles. The number of hydrogen-bond acceptors (Lipinski definition) is 3. The smallest absolute Gasteiger partial charge is 0.133 e. The van der Waals surface area contributed by atoms with Crippen LogP contribution in [-0.4, -0.2) is 19.3 Å². The maximum absolute atomic E-state index is 14.0. The fraction of sp³-hybridized carbons (Fsp3) is 0.250. The van der Waals surface area contributed by atoms with E-state index in [2.05, 4.69) is 15.9 Å². The second-order valence-corrected chi connectivity index (χ2v) is 5.51. The summed E-state index contributed by atoms with van der Waals surface area (Å²) in [6.45, 7) is 1.79. The summed E-state index contributed by atoms with van der Waals surface area (Å²) >= 11 is 3.35.